The van der Waals surface area contributed by atoms with Gasteiger partial charge in [-0.15, -0.1) is 0 Å². The van der Waals surface area contributed by atoms with Crippen LogP contribution in [0.2, 0.25) is 0 Å². The lowest BCUT2D eigenvalue weighted by Crippen LogP contribution is -2.29. The zero-order valence-corrected chi connectivity index (χ0v) is 14.2. The van der Waals surface area contributed by atoms with Gasteiger partial charge in [-0.2, -0.15) is 0 Å². The van der Waals surface area contributed by atoms with Gasteiger partial charge in [0.15, 0.2) is 0 Å². The van der Waals surface area contributed by atoms with E-state index in [2.05, 4.69) is 24.1 Å². The van der Waals surface area contributed by atoms with Crippen molar-refractivity contribution in [2.24, 2.45) is 5.92 Å². The van der Waals surface area contributed by atoms with Crippen LogP contribution in [-0.2, 0) is 6.54 Å². The van der Waals surface area contributed by atoms with Crippen LogP contribution in [0.15, 0.2) is 43.0 Å². The molecule has 2 aromatic rings. The van der Waals surface area contributed by atoms with Gasteiger partial charge in [-0.1, -0.05) is 45.2 Å². The third-order valence-electron chi connectivity index (χ3n) is 4.24. The van der Waals surface area contributed by atoms with Crippen molar-refractivity contribution in [3.63, 3.8) is 0 Å². The summed E-state index contributed by atoms with van der Waals surface area (Å²) in [5.74, 6) is 0.605. The number of nitrogens with zero attached hydrogens (tertiary/aromatic N) is 2. The topological polar surface area (TPSA) is 46.9 Å². The number of carbonyl (C=O) groups is 1. The molecule has 0 aliphatic carbocycles. The molecule has 1 aromatic heterocycles. The van der Waals surface area contributed by atoms with Gasteiger partial charge in [-0.25, -0.2) is 4.98 Å². The van der Waals surface area contributed by atoms with Crippen LogP contribution in [0.4, 0.5) is 0 Å². The van der Waals surface area contributed by atoms with Gasteiger partial charge >= 0.3 is 0 Å². The van der Waals surface area contributed by atoms with E-state index in [1.54, 1.807) is 12.5 Å². The molecule has 0 saturated carbocycles. The van der Waals surface area contributed by atoms with Crippen LogP contribution in [0.3, 0.4) is 0 Å². The summed E-state index contributed by atoms with van der Waals surface area (Å²) in [7, 11) is 0. The van der Waals surface area contributed by atoms with Crippen LogP contribution in [-0.4, -0.2) is 22.0 Å². The van der Waals surface area contributed by atoms with E-state index in [1.165, 1.54) is 19.3 Å². The zero-order chi connectivity index (χ0) is 16.5. The number of nitrogens with one attached hydrogen (secondary N) is 1. The van der Waals surface area contributed by atoms with Crippen molar-refractivity contribution in [2.45, 2.75) is 46.1 Å². The van der Waals surface area contributed by atoms with Gasteiger partial charge < -0.3 is 9.88 Å². The quantitative estimate of drug-likeness (QED) is 0.763. The predicted octanol–water partition coefficient (Wildman–Crippen LogP) is 3.88. The molecule has 4 heteroatoms. The Morgan fingerprint density at radius 2 is 2.04 bits per heavy atom. The minimum Gasteiger partial charge on any atom is -0.352 e. The number of unbranched alkanes of at least 4 members (excludes halogenated alkanes) is 1. The van der Waals surface area contributed by atoms with E-state index in [0.717, 1.165) is 30.6 Å². The maximum absolute atomic E-state index is 12.2. The van der Waals surface area contributed by atoms with Crippen molar-refractivity contribution in [2.75, 3.05) is 6.54 Å². The van der Waals surface area contributed by atoms with Gasteiger partial charge in [0.1, 0.15) is 0 Å². The van der Waals surface area contributed by atoms with Crippen LogP contribution < -0.4 is 5.32 Å². The summed E-state index contributed by atoms with van der Waals surface area (Å²) in [5, 5.41) is 3.07. The lowest BCUT2D eigenvalue weighted by atomic mass is 9.99. The van der Waals surface area contributed by atoms with Gasteiger partial charge in [0.05, 0.1) is 6.33 Å². The number of hydrogen-bond donors (Lipinski definition) is 1. The Hall–Kier alpha value is -2.10. The van der Waals surface area contributed by atoms with Crippen LogP contribution in [0.25, 0.3) is 0 Å². The van der Waals surface area contributed by atoms with Crippen LogP contribution in [0.5, 0.6) is 0 Å². The Morgan fingerprint density at radius 3 is 2.65 bits per heavy atom. The number of benzene rings is 1. The third-order valence-corrected chi connectivity index (χ3v) is 4.24. The van der Waals surface area contributed by atoms with E-state index in [-0.39, 0.29) is 5.91 Å². The van der Waals surface area contributed by atoms with E-state index in [0.29, 0.717) is 5.92 Å². The highest BCUT2D eigenvalue weighted by atomic mass is 16.1. The fourth-order valence-corrected chi connectivity index (χ4v) is 2.64. The molecule has 0 fully saturated rings. The molecule has 0 saturated heterocycles. The van der Waals surface area contributed by atoms with Crippen molar-refractivity contribution in [1.29, 1.82) is 0 Å². The molecule has 0 bridgehead atoms. The van der Waals surface area contributed by atoms with Gasteiger partial charge in [-0.05, 0) is 30.0 Å². The number of carbonyl (C=O) groups excluding carboxylic acids is 1. The molecule has 0 radical (unpaired) electrons. The molecule has 1 heterocycles. The highest BCUT2D eigenvalue weighted by molar-refractivity contribution is 5.94. The van der Waals surface area contributed by atoms with E-state index < -0.39 is 0 Å². The highest BCUT2D eigenvalue weighted by Crippen LogP contribution is 2.12. The molecule has 0 spiro atoms. The molecule has 124 valence electrons. The Labute approximate surface area is 138 Å². The molecule has 0 aliphatic rings. The van der Waals surface area contributed by atoms with Crippen LogP contribution in [0.1, 0.15) is 55.5 Å². The molecule has 1 amide bonds. The average molecular weight is 313 g/mol. The van der Waals surface area contributed by atoms with Crippen LogP contribution >= 0.6 is 0 Å². The third kappa shape index (κ3) is 5.55. The fourth-order valence-electron chi connectivity index (χ4n) is 2.64. The van der Waals surface area contributed by atoms with Gasteiger partial charge in [0, 0.05) is 31.0 Å². The number of rotatable bonds is 9. The maximum atomic E-state index is 12.2. The van der Waals surface area contributed by atoms with Crippen molar-refractivity contribution in [1.82, 2.24) is 14.9 Å². The molecule has 1 aromatic carbocycles. The first-order chi connectivity index (χ1) is 11.2. The monoisotopic (exact) mass is 313 g/mol. The molecule has 0 aliphatic heterocycles. The molecule has 2 rings (SSSR count). The minimum absolute atomic E-state index is 0.0223. The van der Waals surface area contributed by atoms with E-state index in [4.69, 9.17) is 0 Å². The first-order valence-electron chi connectivity index (χ1n) is 8.55. The number of imidazole rings is 1. The van der Waals surface area contributed by atoms with Crippen molar-refractivity contribution >= 4 is 5.91 Å². The Bertz CT molecular complexity index is 575. The highest BCUT2D eigenvalue weighted by Gasteiger charge is 2.10. The van der Waals surface area contributed by atoms with Gasteiger partial charge in [0.2, 0.25) is 0 Å². The fraction of sp³-hybridized carbons (Fsp3) is 0.474. The first kappa shape index (κ1) is 17.3. The van der Waals surface area contributed by atoms with Crippen LogP contribution in [0, 0.1) is 5.92 Å². The lowest BCUT2D eigenvalue weighted by molar-refractivity contribution is 0.0946. The molecule has 0 unspecified atom stereocenters. The molecule has 1 N–H and O–H groups in total. The summed E-state index contributed by atoms with van der Waals surface area (Å²) in [6.07, 6.45) is 10.2. The molecule has 4 nitrogen and oxygen atoms in total. The molecular weight excluding hydrogens is 286 g/mol. The number of amides is 1. The average Bonchev–Trinajstić information content (AvgIpc) is 3.08. The maximum Gasteiger partial charge on any atom is 0.251 e. The van der Waals surface area contributed by atoms with Crippen molar-refractivity contribution in [3.05, 3.63) is 54.1 Å². The van der Waals surface area contributed by atoms with E-state index >= 15 is 0 Å². The summed E-state index contributed by atoms with van der Waals surface area (Å²) in [6, 6.07) is 7.80. The zero-order valence-electron chi connectivity index (χ0n) is 14.2. The molecule has 1 atom stereocenters. The number of hydrogen-bond acceptors (Lipinski definition) is 2. The largest absolute Gasteiger partial charge is 0.352 e. The second-order valence-corrected chi connectivity index (χ2v) is 6.06. The Balaban J connectivity index is 1.84. The van der Waals surface area contributed by atoms with E-state index in [9.17, 15) is 4.79 Å². The summed E-state index contributed by atoms with van der Waals surface area (Å²) >= 11 is 0. The Kier molecular flexibility index (Phi) is 6.85. The second kappa shape index (κ2) is 9.13. The predicted molar refractivity (Wildman–Crippen MR) is 93.4 cm³/mol. The first-order valence-corrected chi connectivity index (χ1v) is 8.55. The number of aromatic nitrogens is 2. The smallest absolute Gasteiger partial charge is 0.251 e. The van der Waals surface area contributed by atoms with Crippen molar-refractivity contribution < 1.29 is 4.79 Å². The lowest BCUT2D eigenvalue weighted by Gasteiger charge is -2.15. The standard InChI is InChI=1S/C19H27N3O/c1-3-5-6-16(4-2)13-21-19(23)18-9-7-17(8-10-18)14-22-12-11-20-15-22/h7-12,15-16H,3-6,13-14H2,1-2H3,(H,21,23)/t16-/m1/s1. The molecule has 23 heavy (non-hydrogen) atoms. The summed E-state index contributed by atoms with van der Waals surface area (Å²) in [4.78, 5) is 16.3. The Morgan fingerprint density at radius 1 is 1.26 bits per heavy atom. The van der Waals surface area contributed by atoms with Crippen molar-refractivity contribution in [3.8, 4) is 0 Å². The van der Waals surface area contributed by atoms with Gasteiger partial charge in [-0.3, -0.25) is 4.79 Å². The SMILES string of the molecule is CCCC[C@@H](CC)CNC(=O)c1ccc(Cn2ccnc2)cc1. The molecular formula is C19H27N3O. The summed E-state index contributed by atoms with van der Waals surface area (Å²) in [5.41, 5.74) is 1.89. The minimum atomic E-state index is 0.0223. The van der Waals surface area contributed by atoms with Gasteiger partial charge in [0.25, 0.3) is 5.91 Å². The van der Waals surface area contributed by atoms with E-state index in [1.807, 2.05) is 35.0 Å². The second-order valence-electron chi connectivity index (χ2n) is 6.06. The summed E-state index contributed by atoms with van der Waals surface area (Å²) in [6.45, 7) is 5.94. The summed E-state index contributed by atoms with van der Waals surface area (Å²) < 4.78 is 2.01. The normalized spacial score (nSPS) is 12.1.